The van der Waals surface area contributed by atoms with Crippen LogP contribution in [0.1, 0.15) is 18.4 Å². The molecule has 1 unspecified atom stereocenters. The molecule has 1 atom stereocenters. The van der Waals surface area contributed by atoms with Crippen LogP contribution in [0.3, 0.4) is 0 Å². The lowest BCUT2D eigenvalue weighted by molar-refractivity contribution is 0.312. The minimum Gasteiger partial charge on any atom is -0.326 e. The van der Waals surface area contributed by atoms with Crippen molar-refractivity contribution in [2.24, 2.45) is 11.1 Å². The maximum Gasteiger partial charge on any atom is 0.0237 e. The molecule has 2 aliphatic rings. The summed E-state index contributed by atoms with van der Waals surface area (Å²) in [4.78, 5) is 2.51. The van der Waals surface area contributed by atoms with Crippen molar-refractivity contribution in [1.29, 1.82) is 0 Å². The van der Waals surface area contributed by atoms with Crippen molar-refractivity contribution < 1.29 is 0 Å². The molecular formula is C13H18N2. The van der Waals surface area contributed by atoms with E-state index >= 15 is 0 Å². The van der Waals surface area contributed by atoms with Gasteiger partial charge >= 0.3 is 0 Å². The van der Waals surface area contributed by atoms with Crippen LogP contribution in [0.25, 0.3) is 0 Å². The van der Waals surface area contributed by atoms with E-state index in [1.807, 2.05) is 0 Å². The van der Waals surface area contributed by atoms with E-state index in [4.69, 9.17) is 5.73 Å². The normalized spacial score (nSPS) is 28.5. The largest absolute Gasteiger partial charge is 0.326 e. The van der Waals surface area contributed by atoms with Gasteiger partial charge in [0.15, 0.2) is 0 Å². The minimum absolute atomic E-state index is 0.418. The molecule has 1 spiro atoms. The molecule has 3 rings (SSSR count). The zero-order chi connectivity index (χ0) is 10.3. The van der Waals surface area contributed by atoms with Crippen molar-refractivity contribution >= 4 is 0 Å². The molecule has 0 bridgehead atoms. The van der Waals surface area contributed by atoms with Crippen LogP contribution in [-0.2, 0) is 6.54 Å². The van der Waals surface area contributed by atoms with E-state index in [0.29, 0.717) is 11.5 Å². The molecule has 0 amide bonds. The smallest absolute Gasteiger partial charge is 0.0237 e. The van der Waals surface area contributed by atoms with Crippen molar-refractivity contribution in [1.82, 2.24) is 4.90 Å². The Bertz CT molecular complexity index is 343. The summed E-state index contributed by atoms with van der Waals surface area (Å²) in [6, 6.07) is 11.1. The molecule has 1 aliphatic heterocycles. The highest BCUT2D eigenvalue weighted by molar-refractivity contribution is 5.16. The highest BCUT2D eigenvalue weighted by Gasteiger charge is 2.53. The van der Waals surface area contributed by atoms with Gasteiger partial charge < -0.3 is 5.73 Å². The van der Waals surface area contributed by atoms with Crippen molar-refractivity contribution in [2.75, 3.05) is 13.1 Å². The van der Waals surface area contributed by atoms with E-state index in [9.17, 15) is 0 Å². The van der Waals surface area contributed by atoms with E-state index in [1.165, 1.54) is 24.9 Å². The number of hydrogen-bond donors (Lipinski definition) is 1. The van der Waals surface area contributed by atoms with E-state index < -0.39 is 0 Å². The summed E-state index contributed by atoms with van der Waals surface area (Å²) in [7, 11) is 0. The Labute approximate surface area is 91.1 Å². The average Bonchev–Trinajstić information content (AvgIpc) is 2.93. The van der Waals surface area contributed by atoms with E-state index in [1.54, 1.807) is 0 Å². The summed E-state index contributed by atoms with van der Waals surface area (Å²) in [6.07, 6.45) is 2.69. The lowest BCUT2D eigenvalue weighted by Gasteiger charge is -2.15. The van der Waals surface area contributed by atoms with Gasteiger partial charge in [0.05, 0.1) is 0 Å². The first kappa shape index (κ1) is 9.37. The maximum absolute atomic E-state index is 6.18. The standard InChI is InChI=1S/C13H18N2/c14-12-9-15(10-13(12)6-7-13)8-11-4-2-1-3-5-11/h1-5,12H,6-10,14H2. The predicted octanol–water partition coefficient (Wildman–Crippen LogP) is 1.61. The summed E-state index contributed by atoms with van der Waals surface area (Å²) in [6.45, 7) is 3.36. The zero-order valence-corrected chi connectivity index (χ0v) is 9.02. The van der Waals surface area contributed by atoms with Crippen LogP contribution in [-0.4, -0.2) is 24.0 Å². The number of nitrogens with zero attached hydrogens (tertiary/aromatic N) is 1. The van der Waals surface area contributed by atoms with Gasteiger partial charge in [0.2, 0.25) is 0 Å². The molecule has 1 saturated carbocycles. The second kappa shape index (κ2) is 3.32. The highest BCUT2D eigenvalue weighted by Crippen LogP contribution is 2.52. The van der Waals surface area contributed by atoms with Crippen LogP contribution in [0.2, 0.25) is 0 Å². The SMILES string of the molecule is NC1CN(Cc2ccccc2)CC12CC2. The van der Waals surface area contributed by atoms with E-state index in [2.05, 4.69) is 35.2 Å². The Hall–Kier alpha value is -0.860. The third-order valence-corrected chi connectivity index (χ3v) is 3.92. The molecule has 2 N–H and O–H groups in total. The summed E-state index contributed by atoms with van der Waals surface area (Å²) < 4.78 is 0. The van der Waals surface area contributed by atoms with E-state index in [-0.39, 0.29) is 0 Å². The molecule has 1 saturated heterocycles. The van der Waals surface area contributed by atoms with Crippen molar-refractivity contribution in [3.05, 3.63) is 35.9 Å². The van der Waals surface area contributed by atoms with Gasteiger partial charge in [-0.3, -0.25) is 4.90 Å². The fourth-order valence-electron chi connectivity index (χ4n) is 2.75. The Morgan fingerprint density at radius 3 is 2.60 bits per heavy atom. The first-order chi connectivity index (χ1) is 7.28. The molecule has 15 heavy (non-hydrogen) atoms. The Morgan fingerprint density at radius 1 is 1.27 bits per heavy atom. The third kappa shape index (κ3) is 1.68. The van der Waals surface area contributed by atoms with Gasteiger partial charge in [0, 0.05) is 25.7 Å². The number of benzene rings is 1. The third-order valence-electron chi connectivity index (χ3n) is 3.92. The molecule has 0 radical (unpaired) electrons. The fraction of sp³-hybridized carbons (Fsp3) is 0.538. The number of likely N-dealkylation sites (tertiary alicyclic amines) is 1. The topological polar surface area (TPSA) is 29.3 Å². The summed E-state index contributed by atoms with van der Waals surface area (Å²) in [5.74, 6) is 0. The number of hydrogen-bond acceptors (Lipinski definition) is 2. The van der Waals surface area contributed by atoms with Crippen LogP contribution >= 0.6 is 0 Å². The fourth-order valence-corrected chi connectivity index (χ4v) is 2.75. The van der Waals surface area contributed by atoms with Gasteiger partial charge in [-0.2, -0.15) is 0 Å². The van der Waals surface area contributed by atoms with Gasteiger partial charge in [-0.05, 0) is 23.8 Å². The van der Waals surface area contributed by atoms with Gasteiger partial charge in [0.25, 0.3) is 0 Å². The Kier molecular flexibility index (Phi) is 2.08. The number of nitrogens with two attached hydrogens (primary N) is 1. The van der Waals surface area contributed by atoms with Crippen LogP contribution in [0, 0.1) is 5.41 Å². The van der Waals surface area contributed by atoms with Crippen LogP contribution < -0.4 is 5.73 Å². The second-order valence-corrected chi connectivity index (χ2v) is 5.12. The monoisotopic (exact) mass is 202 g/mol. The first-order valence-electron chi connectivity index (χ1n) is 5.80. The van der Waals surface area contributed by atoms with Crippen molar-refractivity contribution in [2.45, 2.75) is 25.4 Å². The van der Waals surface area contributed by atoms with E-state index in [0.717, 1.165) is 13.1 Å². The Morgan fingerprint density at radius 2 is 2.00 bits per heavy atom. The molecule has 0 aromatic heterocycles. The quantitative estimate of drug-likeness (QED) is 0.789. The molecular weight excluding hydrogens is 184 g/mol. The molecule has 2 fully saturated rings. The number of rotatable bonds is 2. The molecule has 80 valence electrons. The van der Waals surface area contributed by atoms with Gasteiger partial charge in [-0.15, -0.1) is 0 Å². The molecule has 2 heteroatoms. The molecule has 1 aromatic rings. The summed E-state index contributed by atoms with van der Waals surface area (Å²) >= 11 is 0. The average molecular weight is 202 g/mol. The van der Waals surface area contributed by atoms with Crippen molar-refractivity contribution in [3.8, 4) is 0 Å². The summed E-state index contributed by atoms with van der Waals surface area (Å²) in [5, 5.41) is 0. The molecule has 1 aromatic carbocycles. The minimum atomic E-state index is 0.418. The Balaban J connectivity index is 1.66. The lowest BCUT2D eigenvalue weighted by Crippen LogP contribution is -2.30. The second-order valence-electron chi connectivity index (χ2n) is 5.12. The van der Waals surface area contributed by atoms with Crippen LogP contribution in [0.5, 0.6) is 0 Å². The van der Waals surface area contributed by atoms with Crippen molar-refractivity contribution in [3.63, 3.8) is 0 Å². The molecule has 1 aliphatic carbocycles. The predicted molar refractivity (Wildman–Crippen MR) is 61.4 cm³/mol. The van der Waals surface area contributed by atoms with Gasteiger partial charge in [-0.25, -0.2) is 0 Å². The van der Waals surface area contributed by atoms with Gasteiger partial charge in [-0.1, -0.05) is 30.3 Å². The highest BCUT2D eigenvalue weighted by atomic mass is 15.2. The zero-order valence-electron chi connectivity index (χ0n) is 9.02. The summed E-state index contributed by atoms with van der Waals surface area (Å²) in [5.41, 5.74) is 8.09. The first-order valence-corrected chi connectivity index (χ1v) is 5.80. The lowest BCUT2D eigenvalue weighted by atomic mass is 10.0. The van der Waals surface area contributed by atoms with Crippen LogP contribution in [0.15, 0.2) is 30.3 Å². The molecule has 1 heterocycles. The van der Waals surface area contributed by atoms with Gasteiger partial charge in [0.1, 0.15) is 0 Å². The van der Waals surface area contributed by atoms with Crippen LogP contribution in [0.4, 0.5) is 0 Å². The molecule has 2 nitrogen and oxygen atoms in total. The maximum atomic E-state index is 6.18.